The molecule has 24 heavy (non-hydrogen) atoms. The van der Waals surface area contributed by atoms with E-state index in [1.807, 2.05) is 42.5 Å². The number of hydrogen-bond acceptors (Lipinski definition) is 3. The highest BCUT2D eigenvalue weighted by Crippen LogP contribution is 2.19. The van der Waals surface area contributed by atoms with Crippen molar-refractivity contribution in [3.8, 4) is 5.75 Å². The third-order valence-corrected chi connectivity index (χ3v) is 3.62. The molecular weight excluding hydrogens is 298 g/mol. The lowest BCUT2D eigenvalue weighted by molar-refractivity contribution is 0.103. The third-order valence-electron chi connectivity index (χ3n) is 3.62. The molecular formula is C21H17NO2. The van der Waals surface area contributed by atoms with Crippen LogP contribution in [0.4, 0.5) is 5.69 Å². The molecule has 0 fully saturated rings. The first-order chi connectivity index (χ1) is 11.8. The number of rotatable bonds is 5. The molecule has 3 aromatic carbocycles. The van der Waals surface area contributed by atoms with Crippen molar-refractivity contribution in [2.75, 3.05) is 7.11 Å². The molecule has 0 aliphatic rings. The highest BCUT2D eigenvalue weighted by atomic mass is 16.5. The maximum absolute atomic E-state index is 12.6. The van der Waals surface area contributed by atoms with Crippen molar-refractivity contribution in [2.24, 2.45) is 4.99 Å². The highest BCUT2D eigenvalue weighted by molar-refractivity contribution is 6.09. The molecule has 118 valence electrons. The van der Waals surface area contributed by atoms with E-state index < -0.39 is 0 Å². The number of carbonyl (C=O) groups excluding carboxylic acids is 1. The molecule has 3 aromatic rings. The molecule has 0 radical (unpaired) electrons. The summed E-state index contributed by atoms with van der Waals surface area (Å²) in [6, 6.07) is 24.3. The van der Waals surface area contributed by atoms with E-state index in [2.05, 4.69) is 4.99 Å². The Bertz CT molecular complexity index is 853. The number of ether oxygens (including phenoxy) is 1. The molecule has 0 N–H and O–H groups in total. The highest BCUT2D eigenvalue weighted by Gasteiger charge is 2.09. The van der Waals surface area contributed by atoms with Crippen LogP contribution in [0.2, 0.25) is 0 Å². The fourth-order valence-electron chi connectivity index (χ4n) is 2.32. The maximum Gasteiger partial charge on any atom is 0.193 e. The van der Waals surface area contributed by atoms with Crippen LogP contribution >= 0.6 is 0 Å². The predicted octanol–water partition coefficient (Wildman–Crippen LogP) is 4.68. The number of ketones is 1. The van der Waals surface area contributed by atoms with Crippen molar-refractivity contribution in [3.63, 3.8) is 0 Å². The summed E-state index contributed by atoms with van der Waals surface area (Å²) in [7, 11) is 1.60. The van der Waals surface area contributed by atoms with Gasteiger partial charge >= 0.3 is 0 Å². The van der Waals surface area contributed by atoms with Gasteiger partial charge in [-0.15, -0.1) is 0 Å². The van der Waals surface area contributed by atoms with E-state index in [-0.39, 0.29) is 5.78 Å². The molecule has 0 bridgehead atoms. The van der Waals surface area contributed by atoms with Crippen molar-refractivity contribution >= 4 is 17.7 Å². The summed E-state index contributed by atoms with van der Waals surface area (Å²) >= 11 is 0. The van der Waals surface area contributed by atoms with Crippen molar-refractivity contribution in [1.82, 2.24) is 0 Å². The van der Waals surface area contributed by atoms with Crippen molar-refractivity contribution in [2.45, 2.75) is 0 Å². The zero-order chi connectivity index (χ0) is 16.8. The van der Waals surface area contributed by atoms with Crippen LogP contribution in [-0.2, 0) is 0 Å². The second kappa shape index (κ2) is 7.38. The fourth-order valence-corrected chi connectivity index (χ4v) is 2.32. The second-order valence-corrected chi connectivity index (χ2v) is 5.28. The van der Waals surface area contributed by atoms with Crippen LogP contribution in [0.25, 0.3) is 0 Å². The van der Waals surface area contributed by atoms with Crippen molar-refractivity contribution < 1.29 is 9.53 Å². The molecule has 0 unspecified atom stereocenters. The van der Waals surface area contributed by atoms with E-state index in [1.54, 1.807) is 49.7 Å². The molecule has 0 aliphatic heterocycles. The van der Waals surface area contributed by atoms with Crippen LogP contribution in [0.5, 0.6) is 5.75 Å². The average molecular weight is 315 g/mol. The minimum atomic E-state index is -0.0329. The van der Waals surface area contributed by atoms with Crippen LogP contribution in [0.1, 0.15) is 21.5 Å². The van der Waals surface area contributed by atoms with Crippen molar-refractivity contribution in [1.29, 1.82) is 0 Å². The van der Waals surface area contributed by atoms with Gasteiger partial charge in [0.05, 0.1) is 12.8 Å². The smallest absolute Gasteiger partial charge is 0.193 e. The molecule has 3 rings (SSSR count). The fraction of sp³-hybridized carbons (Fsp3) is 0.0476. The summed E-state index contributed by atoms with van der Waals surface area (Å²) < 4.78 is 5.12. The van der Waals surface area contributed by atoms with E-state index in [4.69, 9.17) is 4.74 Å². The molecule has 3 nitrogen and oxygen atoms in total. The lowest BCUT2D eigenvalue weighted by Gasteiger charge is -2.04. The Balaban J connectivity index is 1.81. The molecule has 0 amide bonds. The van der Waals surface area contributed by atoms with E-state index in [0.29, 0.717) is 11.1 Å². The minimum absolute atomic E-state index is 0.0329. The largest absolute Gasteiger partial charge is 0.497 e. The Morgan fingerprint density at radius 3 is 2.33 bits per heavy atom. The van der Waals surface area contributed by atoms with Gasteiger partial charge in [0, 0.05) is 17.3 Å². The van der Waals surface area contributed by atoms with Gasteiger partial charge < -0.3 is 4.74 Å². The number of hydrogen-bond donors (Lipinski definition) is 0. The number of carbonyl (C=O) groups is 1. The zero-order valence-corrected chi connectivity index (χ0v) is 13.3. The van der Waals surface area contributed by atoms with E-state index in [0.717, 1.165) is 17.0 Å². The van der Waals surface area contributed by atoms with Gasteiger partial charge in [0.15, 0.2) is 5.78 Å². The van der Waals surface area contributed by atoms with Crippen molar-refractivity contribution in [3.05, 3.63) is 95.6 Å². The predicted molar refractivity (Wildman–Crippen MR) is 96.6 cm³/mol. The van der Waals surface area contributed by atoms with Gasteiger partial charge in [0.25, 0.3) is 0 Å². The van der Waals surface area contributed by atoms with E-state index >= 15 is 0 Å². The van der Waals surface area contributed by atoms with Gasteiger partial charge in [-0.3, -0.25) is 9.79 Å². The Morgan fingerprint density at radius 2 is 1.62 bits per heavy atom. The SMILES string of the molecule is COc1ccc(C(=O)c2cccc(N=Cc3ccccc3)c2)cc1. The molecule has 0 saturated carbocycles. The van der Waals surface area contributed by atoms with Crippen LogP contribution in [0.15, 0.2) is 83.9 Å². The Morgan fingerprint density at radius 1 is 0.875 bits per heavy atom. The van der Waals surface area contributed by atoms with Gasteiger partial charge in [-0.05, 0) is 42.0 Å². The lowest BCUT2D eigenvalue weighted by atomic mass is 10.0. The molecule has 0 saturated heterocycles. The standard InChI is InChI=1S/C21H17NO2/c1-24-20-12-10-17(11-13-20)21(23)18-8-5-9-19(14-18)22-15-16-6-3-2-4-7-16/h2-15H,1H3. The second-order valence-electron chi connectivity index (χ2n) is 5.28. The molecule has 0 heterocycles. The lowest BCUT2D eigenvalue weighted by Crippen LogP contribution is -2.00. The van der Waals surface area contributed by atoms with Gasteiger partial charge in [-0.25, -0.2) is 0 Å². The molecule has 0 atom stereocenters. The summed E-state index contributed by atoms with van der Waals surface area (Å²) in [6.07, 6.45) is 1.79. The van der Waals surface area contributed by atoms with Gasteiger partial charge in [0.1, 0.15) is 5.75 Å². The van der Waals surface area contributed by atoms with Crippen LogP contribution in [0.3, 0.4) is 0 Å². The zero-order valence-electron chi connectivity index (χ0n) is 13.3. The minimum Gasteiger partial charge on any atom is -0.497 e. The number of benzene rings is 3. The van der Waals surface area contributed by atoms with Crippen LogP contribution in [0, 0.1) is 0 Å². The molecule has 0 aliphatic carbocycles. The monoisotopic (exact) mass is 315 g/mol. The average Bonchev–Trinajstić information content (AvgIpc) is 2.67. The number of methoxy groups -OCH3 is 1. The van der Waals surface area contributed by atoms with Crippen LogP contribution < -0.4 is 4.74 Å². The Kier molecular flexibility index (Phi) is 4.82. The van der Waals surface area contributed by atoms with Gasteiger partial charge in [-0.2, -0.15) is 0 Å². The number of aliphatic imine (C=N–C) groups is 1. The van der Waals surface area contributed by atoms with Crippen LogP contribution in [-0.4, -0.2) is 19.1 Å². The Hall–Kier alpha value is -3.20. The topological polar surface area (TPSA) is 38.7 Å². The quantitative estimate of drug-likeness (QED) is 0.506. The molecule has 0 spiro atoms. The van der Waals surface area contributed by atoms with E-state index in [9.17, 15) is 4.79 Å². The first-order valence-corrected chi connectivity index (χ1v) is 7.64. The normalized spacial score (nSPS) is 10.7. The summed E-state index contributed by atoms with van der Waals surface area (Å²) in [5.74, 6) is 0.696. The summed E-state index contributed by atoms with van der Waals surface area (Å²) in [5, 5.41) is 0. The van der Waals surface area contributed by atoms with E-state index in [1.165, 1.54) is 0 Å². The molecule has 0 aromatic heterocycles. The summed E-state index contributed by atoms with van der Waals surface area (Å²) in [6.45, 7) is 0. The maximum atomic E-state index is 12.6. The summed E-state index contributed by atoms with van der Waals surface area (Å²) in [4.78, 5) is 17.0. The first kappa shape index (κ1) is 15.7. The molecule has 3 heteroatoms. The third kappa shape index (κ3) is 3.76. The first-order valence-electron chi connectivity index (χ1n) is 7.64. The summed E-state index contributed by atoms with van der Waals surface area (Å²) in [5.41, 5.74) is 3.01. The van der Waals surface area contributed by atoms with Gasteiger partial charge in [0.2, 0.25) is 0 Å². The van der Waals surface area contributed by atoms with Gasteiger partial charge in [-0.1, -0.05) is 42.5 Å². The Labute approximate surface area is 141 Å². The number of nitrogens with zero attached hydrogens (tertiary/aromatic N) is 1.